The zero-order valence-electron chi connectivity index (χ0n) is 7.67. The van der Waals surface area contributed by atoms with E-state index in [1.165, 1.54) is 6.07 Å². The highest BCUT2D eigenvalue weighted by Crippen LogP contribution is 2.18. The van der Waals surface area contributed by atoms with Crippen LogP contribution in [0.3, 0.4) is 0 Å². The van der Waals surface area contributed by atoms with Crippen molar-refractivity contribution in [3.05, 3.63) is 29.8 Å². The fourth-order valence-electron chi connectivity index (χ4n) is 1.46. The molecule has 1 aliphatic heterocycles. The molecule has 0 spiro atoms. The molecule has 0 N–H and O–H groups in total. The summed E-state index contributed by atoms with van der Waals surface area (Å²) in [6.45, 7) is 1.69. The summed E-state index contributed by atoms with van der Waals surface area (Å²) in [6.07, 6.45) is 2.17. The Morgan fingerprint density at radius 1 is 1.07 bits per heavy atom. The minimum atomic E-state index is -0.873. The molecule has 2 rings (SSSR count). The Morgan fingerprint density at radius 3 is 2.43 bits per heavy atom. The minimum Gasteiger partial charge on any atom is -0.406 e. The molecule has 1 aromatic carbocycles. The summed E-state index contributed by atoms with van der Waals surface area (Å²) in [4.78, 5) is 5.34. The second-order valence-electron chi connectivity index (χ2n) is 3.30. The van der Waals surface area contributed by atoms with Crippen LogP contribution >= 0.6 is 0 Å². The van der Waals surface area contributed by atoms with E-state index in [-0.39, 0.29) is 0 Å². The third-order valence-electron chi connectivity index (χ3n) is 2.19. The van der Waals surface area contributed by atoms with Crippen LogP contribution in [-0.2, 0) is 0 Å². The predicted octanol–water partition coefficient (Wildman–Crippen LogP) is 2.35. The average molecular weight is 199 g/mol. The van der Waals surface area contributed by atoms with Crippen LogP contribution in [0.15, 0.2) is 18.2 Å². The number of hydroxylamine groups is 2. The van der Waals surface area contributed by atoms with Gasteiger partial charge in [0.15, 0.2) is 17.4 Å². The Kier molecular flexibility index (Phi) is 2.63. The Balaban J connectivity index is 2.05. The van der Waals surface area contributed by atoms with E-state index in [9.17, 15) is 8.78 Å². The lowest BCUT2D eigenvalue weighted by Crippen LogP contribution is -2.23. The van der Waals surface area contributed by atoms with Crippen molar-refractivity contribution in [2.75, 3.05) is 13.1 Å². The van der Waals surface area contributed by atoms with Gasteiger partial charge in [-0.1, -0.05) is 0 Å². The smallest absolute Gasteiger partial charge is 0.162 e. The van der Waals surface area contributed by atoms with Gasteiger partial charge in [-0.2, -0.15) is 0 Å². The Morgan fingerprint density at radius 2 is 1.79 bits per heavy atom. The second-order valence-corrected chi connectivity index (χ2v) is 3.30. The largest absolute Gasteiger partial charge is 0.406 e. The van der Waals surface area contributed by atoms with Crippen molar-refractivity contribution in [3.63, 3.8) is 0 Å². The molecule has 1 aromatic rings. The number of halogens is 2. The van der Waals surface area contributed by atoms with Crippen LogP contribution in [0.2, 0.25) is 0 Å². The van der Waals surface area contributed by atoms with Gasteiger partial charge in [-0.05, 0) is 25.0 Å². The first-order valence-corrected chi connectivity index (χ1v) is 4.64. The standard InChI is InChI=1S/C10H11F2NO/c11-9-4-3-8(7-10(9)12)14-13-5-1-2-6-13/h3-4,7H,1-2,5-6H2. The molecule has 4 heteroatoms. The quantitative estimate of drug-likeness (QED) is 0.725. The molecule has 0 amide bonds. The fourth-order valence-corrected chi connectivity index (χ4v) is 1.46. The first-order chi connectivity index (χ1) is 6.75. The third-order valence-corrected chi connectivity index (χ3v) is 2.19. The highest BCUT2D eigenvalue weighted by molar-refractivity contribution is 5.23. The third kappa shape index (κ3) is 2.01. The van der Waals surface area contributed by atoms with Crippen molar-refractivity contribution in [2.45, 2.75) is 12.8 Å². The van der Waals surface area contributed by atoms with Gasteiger partial charge in [0.25, 0.3) is 0 Å². The fraction of sp³-hybridized carbons (Fsp3) is 0.400. The van der Waals surface area contributed by atoms with E-state index in [4.69, 9.17) is 4.84 Å². The van der Waals surface area contributed by atoms with E-state index >= 15 is 0 Å². The molecule has 1 saturated heterocycles. The number of nitrogens with zero attached hydrogens (tertiary/aromatic N) is 1. The number of benzene rings is 1. The van der Waals surface area contributed by atoms with E-state index in [1.54, 1.807) is 5.06 Å². The molecule has 1 heterocycles. The molecule has 76 valence electrons. The SMILES string of the molecule is Fc1ccc(ON2CCCC2)cc1F. The van der Waals surface area contributed by atoms with Crippen molar-refractivity contribution in [2.24, 2.45) is 0 Å². The topological polar surface area (TPSA) is 12.5 Å². The maximum atomic E-state index is 12.8. The zero-order valence-corrected chi connectivity index (χ0v) is 7.67. The number of rotatable bonds is 2. The van der Waals surface area contributed by atoms with Crippen LogP contribution in [0.1, 0.15) is 12.8 Å². The summed E-state index contributed by atoms with van der Waals surface area (Å²) in [7, 11) is 0. The van der Waals surface area contributed by atoms with Crippen LogP contribution in [0.5, 0.6) is 5.75 Å². The van der Waals surface area contributed by atoms with Crippen molar-refractivity contribution < 1.29 is 13.6 Å². The van der Waals surface area contributed by atoms with E-state index < -0.39 is 11.6 Å². The lowest BCUT2D eigenvalue weighted by Gasteiger charge is -2.15. The second kappa shape index (κ2) is 3.92. The van der Waals surface area contributed by atoms with Gasteiger partial charge in [-0.25, -0.2) is 8.78 Å². The zero-order chi connectivity index (χ0) is 9.97. The van der Waals surface area contributed by atoms with Gasteiger partial charge in [0.2, 0.25) is 0 Å². The molecule has 1 aliphatic rings. The molecule has 0 aliphatic carbocycles. The van der Waals surface area contributed by atoms with E-state index in [2.05, 4.69) is 0 Å². The summed E-state index contributed by atoms with van der Waals surface area (Å²) in [5.41, 5.74) is 0. The van der Waals surface area contributed by atoms with Gasteiger partial charge in [0, 0.05) is 19.2 Å². The van der Waals surface area contributed by atoms with Gasteiger partial charge in [-0.3, -0.25) is 0 Å². The van der Waals surface area contributed by atoms with Crippen LogP contribution in [0.4, 0.5) is 8.78 Å². The van der Waals surface area contributed by atoms with Crippen molar-refractivity contribution >= 4 is 0 Å². The number of hydrogen-bond acceptors (Lipinski definition) is 2. The van der Waals surface area contributed by atoms with Crippen LogP contribution in [0.25, 0.3) is 0 Å². The molecule has 1 fully saturated rings. The van der Waals surface area contributed by atoms with Crippen LogP contribution < -0.4 is 4.84 Å². The van der Waals surface area contributed by atoms with Crippen molar-refractivity contribution in [1.29, 1.82) is 0 Å². The van der Waals surface area contributed by atoms with E-state index in [0.29, 0.717) is 5.75 Å². The normalized spacial score (nSPS) is 17.3. The summed E-state index contributed by atoms with van der Waals surface area (Å²) >= 11 is 0. The van der Waals surface area contributed by atoms with Crippen molar-refractivity contribution in [1.82, 2.24) is 5.06 Å². The molecule has 0 saturated carbocycles. The lowest BCUT2D eigenvalue weighted by atomic mass is 10.3. The predicted molar refractivity (Wildman–Crippen MR) is 47.8 cm³/mol. The molecule has 0 unspecified atom stereocenters. The molecule has 2 nitrogen and oxygen atoms in total. The van der Waals surface area contributed by atoms with Gasteiger partial charge >= 0.3 is 0 Å². The van der Waals surface area contributed by atoms with Crippen molar-refractivity contribution in [3.8, 4) is 5.75 Å². The summed E-state index contributed by atoms with van der Waals surface area (Å²) < 4.78 is 25.3. The van der Waals surface area contributed by atoms with E-state index in [1.807, 2.05) is 0 Å². The van der Waals surface area contributed by atoms with Gasteiger partial charge in [0.1, 0.15) is 0 Å². The summed E-state index contributed by atoms with van der Waals surface area (Å²) in [5.74, 6) is -1.37. The molecule has 14 heavy (non-hydrogen) atoms. The first-order valence-electron chi connectivity index (χ1n) is 4.64. The van der Waals surface area contributed by atoms with Crippen LogP contribution in [-0.4, -0.2) is 18.2 Å². The Labute approximate surface area is 81.0 Å². The van der Waals surface area contributed by atoms with Gasteiger partial charge in [0.05, 0.1) is 0 Å². The average Bonchev–Trinajstić information content (AvgIpc) is 2.64. The maximum Gasteiger partial charge on any atom is 0.162 e. The summed E-state index contributed by atoms with van der Waals surface area (Å²) in [6, 6.07) is 3.56. The molecule has 0 radical (unpaired) electrons. The minimum absolute atomic E-state index is 0.353. The molecular weight excluding hydrogens is 188 g/mol. The maximum absolute atomic E-state index is 12.8. The highest BCUT2D eigenvalue weighted by Gasteiger charge is 2.13. The highest BCUT2D eigenvalue weighted by atomic mass is 19.2. The molecular formula is C10H11F2NO. The summed E-state index contributed by atoms with van der Waals surface area (Å²) in [5, 5.41) is 1.76. The monoisotopic (exact) mass is 199 g/mol. The Hall–Kier alpha value is -1.16. The van der Waals surface area contributed by atoms with Gasteiger partial charge in [-0.15, -0.1) is 5.06 Å². The lowest BCUT2D eigenvalue weighted by molar-refractivity contribution is -0.0350. The van der Waals surface area contributed by atoms with Crippen LogP contribution in [0, 0.1) is 11.6 Å². The number of hydrogen-bond donors (Lipinski definition) is 0. The van der Waals surface area contributed by atoms with E-state index in [0.717, 1.165) is 38.1 Å². The molecule has 0 atom stereocenters. The Bertz CT molecular complexity index is 324. The molecule has 0 bridgehead atoms. The first kappa shape index (κ1) is 9.40. The van der Waals surface area contributed by atoms with Gasteiger partial charge < -0.3 is 4.84 Å². The molecule has 0 aromatic heterocycles.